The summed E-state index contributed by atoms with van der Waals surface area (Å²) >= 11 is 2.70. The van der Waals surface area contributed by atoms with E-state index in [0.29, 0.717) is 27.8 Å². The number of alkyl halides is 3. The van der Waals surface area contributed by atoms with Crippen LogP contribution in [0.15, 0.2) is 64.5 Å². The SMILES string of the molecule is CCC(C)(C)C1CCc2c(sc3nc(SC(C)C(=O)Nc4cccc(C(F)(F)F)c4)n(Cc4ccccc4)c(=O)c23)C1. The Balaban J connectivity index is 1.49. The van der Waals surface area contributed by atoms with Gasteiger partial charge in [0.25, 0.3) is 5.56 Å². The molecule has 42 heavy (non-hydrogen) atoms. The highest BCUT2D eigenvalue weighted by molar-refractivity contribution is 8.00. The summed E-state index contributed by atoms with van der Waals surface area (Å²) in [5, 5.41) is 2.94. The Morgan fingerprint density at radius 2 is 1.90 bits per heavy atom. The number of benzene rings is 2. The van der Waals surface area contributed by atoms with Gasteiger partial charge in [0.05, 0.1) is 22.7 Å². The number of thioether (sulfide) groups is 1. The molecule has 0 bridgehead atoms. The predicted octanol–water partition coefficient (Wildman–Crippen LogP) is 8.19. The molecule has 1 N–H and O–H groups in total. The minimum atomic E-state index is -4.51. The van der Waals surface area contributed by atoms with Gasteiger partial charge in [-0.05, 0) is 66.8 Å². The number of aromatic nitrogens is 2. The highest BCUT2D eigenvalue weighted by Crippen LogP contribution is 2.44. The topological polar surface area (TPSA) is 64.0 Å². The van der Waals surface area contributed by atoms with Crippen LogP contribution in [0.4, 0.5) is 18.9 Å². The Morgan fingerprint density at radius 3 is 2.60 bits per heavy atom. The first-order chi connectivity index (χ1) is 19.9. The van der Waals surface area contributed by atoms with E-state index >= 15 is 0 Å². The summed E-state index contributed by atoms with van der Waals surface area (Å²) < 4.78 is 41.1. The lowest BCUT2D eigenvalue weighted by molar-refractivity contribution is -0.137. The van der Waals surface area contributed by atoms with Crippen molar-refractivity contribution in [2.24, 2.45) is 11.3 Å². The van der Waals surface area contributed by atoms with Gasteiger partial charge in [-0.3, -0.25) is 14.2 Å². The zero-order valence-electron chi connectivity index (χ0n) is 24.0. The van der Waals surface area contributed by atoms with Crippen molar-refractivity contribution < 1.29 is 18.0 Å². The summed E-state index contributed by atoms with van der Waals surface area (Å²) in [5.74, 6) is 0.0538. The Bertz CT molecular complexity index is 1660. The van der Waals surface area contributed by atoms with E-state index in [0.717, 1.165) is 60.7 Å². The van der Waals surface area contributed by atoms with Gasteiger partial charge in [-0.1, -0.05) is 75.4 Å². The van der Waals surface area contributed by atoms with Gasteiger partial charge >= 0.3 is 6.18 Å². The number of fused-ring (bicyclic) bond motifs is 3. The van der Waals surface area contributed by atoms with Crippen LogP contribution in [-0.4, -0.2) is 20.7 Å². The largest absolute Gasteiger partial charge is 0.416 e. The average molecular weight is 614 g/mol. The van der Waals surface area contributed by atoms with Gasteiger partial charge in [0.15, 0.2) is 5.16 Å². The summed E-state index contributed by atoms with van der Waals surface area (Å²) in [7, 11) is 0. The van der Waals surface area contributed by atoms with E-state index in [1.807, 2.05) is 30.3 Å². The fraction of sp³-hybridized carbons (Fsp3) is 0.406. The van der Waals surface area contributed by atoms with Gasteiger partial charge in [0.2, 0.25) is 5.91 Å². The first kappa shape index (κ1) is 30.4. The van der Waals surface area contributed by atoms with Crippen LogP contribution in [0.25, 0.3) is 10.2 Å². The molecule has 2 heterocycles. The number of anilines is 1. The second-order valence-corrected chi connectivity index (χ2v) is 14.0. The van der Waals surface area contributed by atoms with E-state index < -0.39 is 22.9 Å². The van der Waals surface area contributed by atoms with E-state index in [1.165, 1.54) is 17.0 Å². The molecule has 5 nitrogen and oxygen atoms in total. The third-order valence-corrected chi connectivity index (χ3v) is 10.7. The van der Waals surface area contributed by atoms with Crippen LogP contribution in [0.2, 0.25) is 0 Å². The molecule has 1 amide bonds. The van der Waals surface area contributed by atoms with Gasteiger partial charge in [-0.25, -0.2) is 4.98 Å². The van der Waals surface area contributed by atoms with Crippen LogP contribution in [0.1, 0.15) is 62.1 Å². The fourth-order valence-electron chi connectivity index (χ4n) is 5.42. The molecule has 0 radical (unpaired) electrons. The van der Waals surface area contributed by atoms with E-state index in [-0.39, 0.29) is 16.7 Å². The zero-order chi connectivity index (χ0) is 30.2. The molecule has 1 aliphatic carbocycles. The summed E-state index contributed by atoms with van der Waals surface area (Å²) in [6.07, 6.45) is -0.635. The maximum absolute atomic E-state index is 14.1. The molecule has 4 aromatic rings. The lowest BCUT2D eigenvalue weighted by atomic mass is 9.70. The average Bonchev–Trinajstić information content (AvgIpc) is 3.33. The molecule has 2 atom stereocenters. The Labute approximate surface area is 251 Å². The summed E-state index contributed by atoms with van der Waals surface area (Å²) in [4.78, 5) is 34.0. The predicted molar refractivity (Wildman–Crippen MR) is 164 cm³/mol. The molecule has 10 heteroatoms. The molecule has 2 aromatic carbocycles. The number of aryl methyl sites for hydroxylation is 1. The maximum atomic E-state index is 14.1. The van der Waals surface area contributed by atoms with Crippen LogP contribution in [-0.2, 0) is 30.4 Å². The van der Waals surface area contributed by atoms with Gasteiger partial charge in [0.1, 0.15) is 4.83 Å². The number of carbonyl (C=O) groups excluding carboxylic acids is 1. The molecule has 222 valence electrons. The Kier molecular flexibility index (Phi) is 8.58. The molecule has 0 saturated heterocycles. The summed E-state index contributed by atoms with van der Waals surface area (Å²) in [5.41, 5.74) is 1.33. The second-order valence-electron chi connectivity index (χ2n) is 11.6. The van der Waals surface area contributed by atoms with E-state index in [4.69, 9.17) is 4.98 Å². The van der Waals surface area contributed by atoms with Crippen LogP contribution < -0.4 is 10.9 Å². The number of thiophene rings is 1. The quantitative estimate of drug-likeness (QED) is 0.161. The molecule has 2 aromatic heterocycles. The van der Waals surface area contributed by atoms with Crippen molar-refractivity contribution in [3.8, 4) is 0 Å². The lowest BCUT2D eigenvalue weighted by Gasteiger charge is -2.36. The highest BCUT2D eigenvalue weighted by atomic mass is 32.2. The molecule has 0 fully saturated rings. The molecular weight excluding hydrogens is 579 g/mol. The number of hydrogen-bond acceptors (Lipinski definition) is 5. The van der Waals surface area contributed by atoms with Gasteiger partial charge in [0, 0.05) is 10.6 Å². The number of amides is 1. The van der Waals surface area contributed by atoms with Crippen LogP contribution >= 0.6 is 23.1 Å². The van der Waals surface area contributed by atoms with Gasteiger partial charge in [-0.2, -0.15) is 13.2 Å². The molecule has 2 unspecified atom stereocenters. The van der Waals surface area contributed by atoms with Crippen LogP contribution in [0.3, 0.4) is 0 Å². The fourth-order valence-corrected chi connectivity index (χ4v) is 7.67. The van der Waals surface area contributed by atoms with Crippen molar-refractivity contribution in [1.82, 2.24) is 9.55 Å². The minimum absolute atomic E-state index is 0.0582. The number of hydrogen-bond donors (Lipinski definition) is 1. The van der Waals surface area contributed by atoms with Crippen molar-refractivity contribution in [3.63, 3.8) is 0 Å². The monoisotopic (exact) mass is 613 g/mol. The van der Waals surface area contributed by atoms with Gasteiger partial charge < -0.3 is 5.32 Å². The highest BCUT2D eigenvalue weighted by Gasteiger charge is 2.34. The Hall–Kier alpha value is -3.11. The van der Waals surface area contributed by atoms with Crippen molar-refractivity contribution >= 4 is 44.9 Å². The van der Waals surface area contributed by atoms with Gasteiger partial charge in [-0.15, -0.1) is 11.3 Å². The van der Waals surface area contributed by atoms with Crippen molar-refractivity contribution in [2.45, 2.75) is 76.5 Å². The van der Waals surface area contributed by atoms with E-state index in [1.54, 1.807) is 22.8 Å². The molecule has 1 aliphatic rings. The number of rotatable bonds is 8. The van der Waals surface area contributed by atoms with Crippen molar-refractivity contribution in [1.29, 1.82) is 0 Å². The maximum Gasteiger partial charge on any atom is 0.416 e. The normalized spacial score (nSPS) is 16.3. The number of nitrogens with one attached hydrogen (secondary N) is 1. The lowest BCUT2D eigenvalue weighted by Crippen LogP contribution is -2.29. The number of halogens is 3. The number of carbonyl (C=O) groups is 1. The molecule has 0 aliphatic heterocycles. The van der Waals surface area contributed by atoms with E-state index in [2.05, 4.69) is 26.1 Å². The Morgan fingerprint density at radius 1 is 1.17 bits per heavy atom. The molecular formula is C32H34F3N3O2S2. The van der Waals surface area contributed by atoms with Crippen molar-refractivity contribution in [2.75, 3.05) is 5.32 Å². The third kappa shape index (κ3) is 6.29. The van der Waals surface area contributed by atoms with Crippen molar-refractivity contribution in [3.05, 3.63) is 86.5 Å². The molecule has 0 spiro atoms. The standard InChI is InChI=1S/C32H34F3N3O2S2/c1-5-31(3,4)21-14-15-24-25(17-21)42-28-26(24)29(40)38(18-20-10-7-6-8-11-20)30(37-28)41-19(2)27(39)36-23-13-9-12-22(16-23)32(33,34)35/h6-13,16,19,21H,5,14-15,17-18H2,1-4H3,(H,36,39). The zero-order valence-corrected chi connectivity index (χ0v) is 25.7. The minimum Gasteiger partial charge on any atom is -0.325 e. The second kappa shape index (κ2) is 11.9. The number of nitrogens with zero attached hydrogens (tertiary/aromatic N) is 2. The summed E-state index contributed by atoms with van der Waals surface area (Å²) in [6, 6.07) is 14.2. The smallest absolute Gasteiger partial charge is 0.325 e. The molecule has 0 saturated carbocycles. The first-order valence-electron chi connectivity index (χ1n) is 14.1. The first-order valence-corrected chi connectivity index (χ1v) is 15.8. The van der Waals surface area contributed by atoms with Crippen LogP contribution in [0.5, 0.6) is 0 Å². The molecule has 5 rings (SSSR count). The van der Waals surface area contributed by atoms with E-state index in [9.17, 15) is 22.8 Å². The third-order valence-electron chi connectivity index (χ3n) is 8.44. The van der Waals surface area contributed by atoms with Crippen LogP contribution in [0, 0.1) is 11.3 Å². The summed E-state index contributed by atoms with van der Waals surface area (Å²) in [6.45, 7) is 8.79.